The van der Waals surface area contributed by atoms with E-state index in [0.29, 0.717) is 6.61 Å². The number of hydrogen-bond acceptors (Lipinski definition) is 5. The molecule has 0 aliphatic heterocycles. The Morgan fingerprint density at radius 3 is 2.21 bits per heavy atom. The van der Waals surface area contributed by atoms with Gasteiger partial charge in [-0.25, -0.2) is 4.79 Å². The highest BCUT2D eigenvalue weighted by atomic mass is 16.5. The number of carbonyl (C=O) groups excluding carboxylic acids is 1. The van der Waals surface area contributed by atoms with Crippen molar-refractivity contribution in [2.24, 2.45) is 0 Å². The van der Waals surface area contributed by atoms with Gasteiger partial charge in [0.05, 0.1) is 6.61 Å². The number of benzene rings is 3. The lowest BCUT2D eigenvalue weighted by Gasteiger charge is -2.33. The predicted octanol–water partition coefficient (Wildman–Crippen LogP) is 5.93. The van der Waals surface area contributed by atoms with Crippen molar-refractivity contribution in [1.29, 1.82) is 0 Å². The molecule has 0 saturated carbocycles. The van der Waals surface area contributed by atoms with E-state index in [9.17, 15) is 4.79 Å². The van der Waals surface area contributed by atoms with Crippen molar-refractivity contribution >= 4 is 22.7 Å². The van der Waals surface area contributed by atoms with Crippen molar-refractivity contribution in [2.75, 3.05) is 11.5 Å². The number of carbonyl (C=O) groups is 1. The number of para-hydroxylation sites is 1. The number of allylic oxidation sites excluding steroid dienone is 1. The number of esters is 1. The van der Waals surface area contributed by atoms with Gasteiger partial charge >= 0.3 is 5.97 Å². The van der Waals surface area contributed by atoms with Gasteiger partial charge in [0.1, 0.15) is 17.2 Å². The molecule has 4 rings (SSSR count). The summed E-state index contributed by atoms with van der Waals surface area (Å²) in [4.78, 5) is 15.8. The molecule has 0 radical (unpaired) electrons. The van der Waals surface area contributed by atoms with Crippen LogP contribution in [0.15, 0.2) is 97.1 Å². The van der Waals surface area contributed by atoms with Crippen LogP contribution in [0.3, 0.4) is 0 Å². The predicted molar refractivity (Wildman–Crippen MR) is 135 cm³/mol. The van der Waals surface area contributed by atoms with Crippen molar-refractivity contribution in [2.45, 2.75) is 38.9 Å². The van der Waals surface area contributed by atoms with Gasteiger partial charge < -0.3 is 9.64 Å². The Kier molecular flexibility index (Phi) is 8.06. The van der Waals surface area contributed by atoms with Crippen molar-refractivity contribution in [1.82, 2.24) is 15.0 Å². The minimum absolute atomic E-state index is 0.0917. The molecule has 6 nitrogen and oxygen atoms in total. The van der Waals surface area contributed by atoms with Crippen molar-refractivity contribution in [3.8, 4) is 0 Å². The normalized spacial score (nSPS) is 12.1. The molecule has 0 N–H and O–H groups in total. The molecule has 1 heterocycles. The summed E-state index contributed by atoms with van der Waals surface area (Å²) in [5.74, 6) is -0.297. The third kappa shape index (κ3) is 6.10. The highest BCUT2D eigenvalue weighted by molar-refractivity contribution is 5.81. The fourth-order valence-corrected chi connectivity index (χ4v) is 3.96. The zero-order valence-electron chi connectivity index (χ0n) is 19.5. The molecule has 4 aromatic rings. The average molecular weight is 455 g/mol. The lowest BCUT2D eigenvalue weighted by Crippen LogP contribution is -2.34. The van der Waals surface area contributed by atoms with Gasteiger partial charge in [0.2, 0.25) is 0 Å². The van der Waals surface area contributed by atoms with Crippen LogP contribution in [0.1, 0.15) is 37.9 Å². The molecule has 0 spiro atoms. The van der Waals surface area contributed by atoms with E-state index in [1.54, 1.807) is 0 Å². The zero-order chi connectivity index (χ0) is 23.6. The van der Waals surface area contributed by atoms with Crippen LogP contribution in [-0.2, 0) is 16.1 Å². The minimum atomic E-state index is -0.297. The summed E-state index contributed by atoms with van der Waals surface area (Å²) in [5, 5.41) is 9.65. The molecule has 0 fully saturated rings. The maximum atomic E-state index is 11.6. The molecule has 0 aliphatic rings. The summed E-state index contributed by atoms with van der Waals surface area (Å²) < 4.78 is 4.98. The van der Waals surface area contributed by atoms with E-state index in [-0.39, 0.29) is 12.1 Å². The Hall–Kier alpha value is -3.93. The Morgan fingerprint density at radius 2 is 1.56 bits per heavy atom. The molecule has 1 aromatic heterocycles. The zero-order valence-corrected chi connectivity index (χ0v) is 19.5. The summed E-state index contributed by atoms with van der Waals surface area (Å²) in [6, 6.07) is 28.8. The summed E-state index contributed by atoms with van der Waals surface area (Å²) in [6.45, 7) is 2.92. The smallest absolute Gasteiger partial charge is 0.330 e. The van der Waals surface area contributed by atoms with E-state index in [4.69, 9.17) is 14.9 Å². The average Bonchev–Trinajstić information content (AvgIpc) is 3.30. The SMILES string of the molecule is CCOC(=O)/C=C/CCCC(N(Cc1ccccc1)c1ccccc1)n1nc2ccccc2n1. The van der Waals surface area contributed by atoms with Gasteiger partial charge in [0, 0.05) is 18.3 Å². The molecule has 0 bridgehead atoms. The summed E-state index contributed by atoms with van der Waals surface area (Å²) in [7, 11) is 0. The lowest BCUT2D eigenvalue weighted by atomic mass is 10.1. The number of hydrogen-bond donors (Lipinski definition) is 0. The van der Waals surface area contributed by atoms with Crippen LogP contribution < -0.4 is 4.90 Å². The Labute approximate surface area is 200 Å². The first-order valence-corrected chi connectivity index (χ1v) is 11.7. The molecule has 174 valence electrons. The van der Waals surface area contributed by atoms with Crippen molar-refractivity contribution in [3.63, 3.8) is 0 Å². The topological polar surface area (TPSA) is 60.2 Å². The highest BCUT2D eigenvalue weighted by Crippen LogP contribution is 2.29. The highest BCUT2D eigenvalue weighted by Gasteiger charge is 2.23. The number of nitrogens with zero attached hydrogens (tertiary/aromatic N) is 4. The van der Waals surface area contributed by atoms with Gasteiger partial charge in [-0.05, 0) is 56.0 Å². The second-order valence-electron chi connectivity index (χ2n) is 8.02. The first-order chi connectivity index (χ1) is 16.7. The van der Waals surface area contributed by atoms with Crippen LogP contribution in [0.5, 0.6) is 0 Å². The van der Waals surface area contributed by atoms with Crippen molar-refractivity contribution < 1.29 is 9.53 Å². The van der Waals surface area contributed by atoms with E-state index < -0.39 is 0 Å². The first kappa shape index (κ1) is 23.2. The Morgan fingerprint density at radius 1 is 0.941 bits per heavy atom. The third-order valence-electron chi connectivity index (χ3n) is 5.59. The van der Waals surface area contributed by atoms with E-state index in [1.165, 1.54) is 11.6 Å². The van der Waals surface area contributed by atoms with E-state index >= 15 is 0 Å². The molecule has 0 saturated heterocycles. The van der Waals surface area contributed by atoms with Crippen LogP contribution in [0.2, 0.25) is 0 Å². The van der Waals surface area contributed by atoms with Crippen LogP contribution in [0, 0.1) is 0 Å². The number of aromatic nitrogens is 3. The minimum Gasteiger partial charge on any atom is -0.463 e. The molecule has 34 heavy (non-hydrogen) atoms. The van der Waals surface area contributed by atoms with Gasteiger partial charge in [0.25, 0.3) is 0 Å². The molecular weight excluding hydrogens is 424 g/mol. The molecule has 0 amide bonds. The lowest BCUT2D eigenvalue weighted by molar-refractivity contribution is -0.137. The van der Waals surface area contributed by atoms with Crippen LogP contribution in [-0.4, -0.2) is 27.6 Å². The molecule has 1 unspecified atom stereocenters. The van der Waals surface area contributed by atoms with Crippen molar-refractivity contribution in [3.05, 3.63) is 103 Å². The fourth-order valence-electron chi connectivity index (χ4n) is 3.96. The number of rotatable bonds is 11. The number of ether oxygens (including phenoxy) is 1. The van der Waals surface area contributed by atoms with E-state index in [2.05, 4.69) is 53.4 Å². The maximum absolute atomic E-state index is 11.6. The number of unbranched alkanes of at least 4 members (excludes halogenated alkanes) is 1. The summed E-state index contributed by atoms with van der Waals surface area (Å²) >= 11 is 0. The number of fused-ring (bicyclic) bond motifs is 1. The summed E-state index contributed by atoms with van der Waals surface area (Å²) in [6.07, 6.45) is 5.76. The van der Waals surface area contributed by atoms with Crippen LogP contribution in [0.25, 0.3) is 11.0 Å². The second-order valence-corrected chi connectivity index (χ2v) is 8.02. The van der Waals surface area contributed by atoms with Gasteiger partial charge in [-0.3, -0.25) is 0 Å². The largest absolute Gasteiger partial charge is 0.463 e. The monoisotopic (exact) mass is 454 g/mol. The maximum Gasteiger partial charge on any atom is 0.330 e. The van der Waals surface area contributed by atoms with E-state index in [1.807, 2.05) is 54.2 Å². The summed E-state index contributed by atoms with van der Waals surface area (Å²) in [5.41, 5.74) is 4.08. The molecule has 1 atom stereocenters. The van der Waals surface area contributed by atoms with Crippen LogP contribution >= 0.6 is 0 Å². The molecule has 3 aromatic carbocycles. The third-order valence-corrected chi connectivity index (χ3v) is 5.59. The molecular formula is C28H30N4O2. The van der Waals surface area contributed by atoms with Gasteiger partial charge in [-0.1, -0.05) is 66.7 Å². The van der Waals surface area contributed by atoms with Gasteiger partial charge in [-0.2, -0.15) is 15.0 Å². The molecule has 0 aliphatic carbocycles. The Bertz CT molecular complexity index is 1170. The van der Waals surface area contributed by atoms with E-state index in [0.717, 1.165) is 42.5 Å². The van der Waals surface area contributed by atoms with Gasteiger partial charge in [0.15, 0.2) is 0 Å². The second kappa shape index (κ2) is 11.8. The van der Waals surface area contributed by atoms with Crippen LogP contribution in [0.4, 0.5) is 5.69 Å². The number of anilines is 1. The van der Waals surface area contributed by atoms with Gasteiger partial charge in [-0.15, -0.1) is 0 Å². The first-order valence-electron chi connectivity index (χ1n) is 11.7. The standard InChI is InChI=1S/C28H30N4O2/c1-2-34-28(33)21-11-5-10-20-27(32-29-25-18-12-13-19-26(25)30-32)31(24-16-8-4-9-17-24)22-23-14-6-3-7-15-23/h3-4,6-9,11-19,21,27H,2,5,10,20,22H2,1H3/b21-11+. The quantitative estimate of drug-likeness (QED) is 0.160. The fraction of sp³-hybridized carbons (Fsp3) is 0.250. The molecule has 6 heteroatoms. The Balaban J connectivity index is 1.63.